The molecule has 0 spiro atoms. The van der Waals surface area contributed by atoms with E-state index in [1.54, 1.807) is 6.20 Å². The Labute approximate surface area is 156 Å². The summed E-state index contributed by atoms with van der Waals surface area (Å²) in [6, 6.07) is 7.00. The summed E-state index contributed by atoms with van der Waals surface area (Å²) in [4.78, 5) is 26.3. The third-order valence-corrected chi connectivity index (χ3v) is 3.26. The van der Waals surface area contributed by atoms with E-state index in [2.05, 4.69) is 31.3 Å². The third-order valence-electron chi connectivity index (χ3n) is 2.73. The number of carbonyl (C=O) groups excluding carboxylic acids is 2. The Kier molecular flexibility index (Phi) is 5.52. The Morgan fingerprint density at radius 2 is 2.05 bits per heavy atom. The largest absolute Gasteiger partial charge is 0.435 e. The maximum Gasteiger partial charge on any atom is 0.344 e. The van der Waals surface area contributed by atoms with Gasteiger partial charge in [-0.05, 0) is 12.1 Å². The van der Waals surface area contributed by atoms with E-state index in [0.717, 1.165) is 15.0 Å². The van der Waals surface area contributed by atoms with Gasteiger partial charge in [0, 0.05) is 39.6 Å². The van der Waals surface area contributed by atoms with Crippen molar-refractivity contribution in [1.29, 1.82) is 0 Å². The molecule has 3 rings (SSSR count). The minimum atomic E-state index is -0.559. The summed E-state index contributed by atoms with van der Waals surface area (Å²) >= 11 is 3.36. The standard InChI is InChI=1S/C13H9BrN4O3.Na/c14-9-3-1-8(2-4-9)10-5-15-12(21-10)6-16-18-7-11(19)17-13(18)20;/h1-6H,7H2,(H,17,19,20);/b16-6+;/i7+1,11+1,13+1;. The van der Waals surface area contributed by atoms with Crippen LogP contribution in [0.15, 0.2) is 44.5 Å². The molecule has 0 unspecified atom stereocenters. The van der Waals surface area contributed by atoms with Gasteiger partial charge in [0.05, 0.1) is 6.20 Å². The Morgan fingerprint density at radius 1 is 1.32 bits per heavy atom. The zero-order valence-corrected chi connectivity index (χ0v) is 15.2. The van der Waals surface area contributed by atoms with Gasteiger partial charge in [-0.1, -0.05) is 28.1 Å². The molecule has 3 amide bonds. The second-order valence-electron chi connectivity index (χ2n) is 4.23. The molecule has 0 bridgehead atoms. The van der Waals surface area contributed by atoms with Gasteiger partial charge in [0.2, 0.25) is 11.8 Å². The fraction of sp³-hybridized carbons (Fsp3) is 0.0769. The number of nitrogens with one attached hydrogen (secondary N) is 1. The molecule has 0 saturated carbocycles. The molecule has 7 nitrogen and oxygen atoms in total. The number of hydrogen-bond donors (Lipinski definition) is 1. The first-order chi connectivity index (χ1) is 10.1. The summed E-state index contributed by atoms with van der Waals surface area (Å²) in [6.45, 7) is -0.102. The average molecular weight is 375 g/mol. The molecule has 0 aliphatic carbocycles. The van der Waals surface area contributed by atoms with Gasteiger partial charge in [-0.3, -0.25) is 10.1 Å². The number of hydrazone groups is 1. The van der Waals surface area contributed by atoms with Crippen molar-refractivity contribution in [1.82, 2.24) is 15.3 Å². The van der Waals surface area contributed by atoms with Crippen molar-refractivity contribution in [3.05, 3.63) is 40.8 Å². The van der Waals surface area contributed by atoms with Crippen LogP contribution in [0.2, 0.25) is 0 Å². The minimum absolute atomic E-state index is 0. The van der Waals surface area contributed by atoms with Crippen molar-refractivity contribution in [3.63, 3.8) is 0 Å². The van der Waals surface area contributed by atoms with Crippen LogP contribution in [0.25, 0.3) is 11.3 Å². The fourth-order valence-corrected chi connectivity index (χ4v) is 2.00. The van der Waals surface area contributed by atoms with E-state index in [9.17, 15) is 9.59 Å². The summed E-state index contributed by atoms with van der Waals surface area (Å²) in [5.74, 6) is 0.450. The number of nitrogens with zero attached hydrogens (tertiary/aromatic N) is 3. The molecular weight excluding hydrogens is 366 g/mol. The van der Waals surface area contributed by atoms with Crippen molar-refractivity contribution in [2.75, 3.05) is 6.54 Å². The Bertz CT molecular complexity index is 729. The second-order valence-corrected chi connectivity index (χ2v) is 5.14. The van der Waals surface area contributed by atoms with Gasteiger partial charge in [0.1, 0.15) is 12.8 Å². The first-order valence-corrected chi connectivity index (χ1v) is 6.78. The summed E-state index contributed by atoms with van der Waals surface area (Å²) in [5.41, 5.74) is 0.874. The molecule has 9 heteroatoms. The predicted octanol–water partition coefficient (Wildman–Crippen LogP) is 1.61. The number of hydrogen-bond acceptors (Lipinski definition) is 5. The SMILES string of the molecule is O=[13C]1[13CH2]N(/N=C/c2ncc(-c3ccc(Br)cc3)o2)[13C](=O)N1.[Na]. The van der Waals surface area contributed by atoms with Crippen molar-refractivity contribution in [2.24, 2.45) is 5.10 Å². The zero-order valence-electron chi connectivity index (χ0n) is 11.6. The van der Waals surface area contributed by atoms with E-state index in [1.165, 1.54) is 6.21 Å². The van der Waals surface area contributed by atoms with Crippen LogP contribution >= 0.6 is 15.9 Å². The quantitative estimate of drug-likeness (QED) is 0.382. The monoisotopic (exact) mass is 374 g/mol. The summed E-state index contributed by atoms with van der Waals surface area (Å²) in [5, 5.41) is 6.98. The van der Waals surface area contributed by atoms with E-state index in [0.29, 0.717) is 5.76 Å². The van der Waals surface area contributed by atoms with Gasteiger partial charge in [0.25, 0.3) is 0 Å². The fourth-order valence-electron chi connectivity index (χ4n) is 1.74. The van der Waals surface area contributed by atoms with E-state index < -0.39 is 6.03 Å². The smallest absolute Gasteiger partial charge is 0.344 e. The van der Waals surface area contributed by atoms with Gasteiger partial charge >= 0.3 is 6.03 Å². The number of benzene rings is 1. The van der Waals surface area contributed by atoms with Crippen LogP contribution in [-0.4, -0.2) is 64.2 Å². The molecule has 107 valence electrons. The van der Waals surface area contributed by atoms with Crippen LogP contribution in [0.4, 0.5) is 4.79 Å². The maximum absolute atomic E-state index is 11.3. The van der Waals surface area contributed by atoms with Crippen molar-refractivity contribution in [2.45, 2.75) is 0 Å². The topological polar surface area (TPSA) is 87.8 Å². The molecule has 2 aromatic rings. The Morgan fingerprint density at radius 3 is 2.68 bits per heavy atom. The van der Waals surface area contributed by atoms with Crippen LogP contribution in [0.1, 0.15) is 5.89 Å². The zero-order chi connectivity index (χ0) is 14.8. The molecule has 1 aliphatic heterocycles. The molecule has 22 heavy (non-hydrogen) atoms. The van der Waals surface area contributed by atoms with Crippen molar-refractivity contribution in [3.8, 4) is 11.3 Å². The van der Waals surface area contributed by atoms with Gasteiger partial charge in [-0.15, -0.1) is 0 Å². The van der Waals surface area contributed by atoms with Crippen LogP contribution in [-0.2, 0) is 4.79 Å². The molecule has 1 fully saturated rings. The molecule has 1 aromatic carbocycles. The molecule has 1 aromatic heterocycles. The molecule has 1 radical (unpaired) electrons. The Balaban J connectivity index is 0.00000176. The number of rotatable bonds is 3. The van der Waals surface area contributed by atoms with Crippen LogP contribution in [0.5, 0.6) is 0 Å². The number of halogens is 1. The van der Waals surface area contributed by atoms with Gasteiger partial charge in [-0.2, -0.15) is 5.10 Å². The third kappa shape index (κ3) is 3.83. The summed E-state index contributed by atoms with van der Waals surface area (Å²) < 4.78 is 6.48. The molecule has 1 aliphatic rings. The molecule has 0 atom stereocenters. The van der Waals surface area contributed by atoms with Crippen LogP contribution in [0, 0.1) is 0 Å². The van der Waals surface area contributed by atoms with Crippen molar-refractivity contribution < 1.29 is 14.0 Å². The van der Waals surface area contributed by atoms with Gasteiger partial charge in [0.15, 0.2) is 5.76 Å². The van der Waals surface area contributed by atoms with E-state index in [1.807, 2.05) is 24.3 Å². The second kappa shape index (κ2) is 7.19. The van der Waals surface area contributed by atoms with E-state index in [4.69, 9.17) is 4.42 Å². The van der Waals surface area contributed by atoms with Gasteiger partial charge in [-0.25, -0.2) is 14.8 Å². The average Bonchev–Trinajstić information content (AvgIpc) is 3.04. The summed E-state index contributed by atoms with van der Waals surface area (Å²) in [6.07, 6.45) is 2.86. The molecule has 1 N–H and O–H groups in total. The number of carbonyl (C=O) groups is 2. The number of aromatic nitrogens is 1. The maximum atomic E-state index is 11.3. The normalized spacial score (nSPS) is 14.3. The first kappa shape index (κ1) is 16.9. The van der Waals surface area contributed by atoms with E-state index in [-0.39, 0.29) is 47.9 Å². The summed E-state index contributed by atoms with van der Waals surface area (Å²) in [7, 11) is 0. The van der Waals surface area contributed by atoms with Gasteiger partial charge < -0.3 is 4.42 Å². The minimum Gasteiger partial charge on any atom is -0.435 e. The number of oxazole rings is 1. The number of amides is 3. The number of imide groups is 1. The first-order valence-electron chi connectivity index (χ1n) is 5.99. The Hall–Kier alpha value is -1.48. The van der Waals surface area contributed by atoms with E-state index >= 15 is 0 Å². The van der Waals surface area contributed by atoms with Crippen LogP contribution in [0.3, 0.4) is 0 Å². The predicted molar refractivity (Wildman–Crippen MR) is 83.2 cm³/mol. The van der Waals surface area contributed by atoms with Crippen molar-refractivity contribution >= 4 is 63.6 Å². The molecule has 1 saturated heterocycles. The molecule has 2 heterocycles. The molecular formula is C13H9BrN4NaO3. The van der Waals surface area contributed by atoms with Crippen LogP contribution < -0.4 is 5.32 Å². The number of urea groups is 1.